The normalized spacial score (nSPS) is 12.7. The van der Waals surface area contributed by atoms with Crippen LogP contribution in [-0.2, 0) is 0 Å². The third-order valence-electron chi connectivity index (χ3n) is 4.89. The summed E-state index contributed by atoms with van der Waals surface area (Å²) < 4.78 is 12.2. The summed E-state index contributed by atoms with van der Waals surface area (Å²) in [6.45, 7) is 4.43. The molecule has 1 amide bonds. The van der Waals surface area contributed by atoms with Crippen LogP contribution >= 0.6 is 35.3 Å². The fourth-order valence-corrected chi connectivity index (χ4v) is 4.86. The standard InChI is InChI=1S/C22H24ClN3O3S.ClH/c1-14-11-16(23)13-19-20(14)24-22(30-19)26(8-4-7-25(2)3)21(27)15-5-6-17-18(12-15)29-10-9-28-17;/h5-6,11-13H,4,7-10H2,1-3H3;1H. The van der Waals surface area contributed by atoms with Gasteiger partial charge in [-0.25, -0.2) is 4.98 Å². The van der Waals surface area contributed by atoms with Crippen LogP contribution in [0.15, 0.2) is 30.3 Å². The number of benzene rings is 2. The molecule has 1 aliphatic rings. The van der Waals surface area contributed by atoms with Gasteiger partial charge in [0.15, 0.2) is 16.6 Å². The van der Waals surface area contributed by atoms with Gasteiger partial charge in [-0.1, -0.05) is 22.9 Å². The first-order valence-electron chi connectivity index (χ1n) is 9.85. The molecule has 0 spiro atoms. The number of hydrogen-bond acceptors (Lipinski definition) is 6. The molecule has 9 heteroatoms. The lowest BCUT2D eigenvalue weighted by Crippen LogP contribution is -2.33. The summed E-state index contributed by atoms with van der Waals surface area (Å²) in [5, 5.41) is 1.35. The Morgan fingerprint density at radius 1 is 1.13 bits per heavy atom. The number of nitrogens with zero attached hydrogens (tertiary/aromatic N) is 3. The van der Waals surface area contributed by atoms with Crippen molar-refractivity contribution < 1.29 is 14.3 Å². The van der Waals surface area contributed by atoms with Crippen LogP contribution in [0.1, 0.15) is 22.3 Å². The van der Waals surface area contributed by atoms with Gasteiger partial charge in [-0.15, -0.1) is 12.4 Å². The maximum Gasteiger partial charge on any atom is 0.260 e. The Balaban J connectivity index is 0.00000272. The molecule has 0 unspecified atom stereocenters. The summed E-state index contributed by atoms with van der Waals surface area (Å²) >= 11 is 7.71. The van der Waals surface area contributed by atoms with E-state index < -0.39 is 0 Å². The number of amides is 1. The largest absolute Gasteiger partial charge is 0.486 e. The van der Waals surface area contributed by atoms with E-state index in [2.05, 4.69) is 4.90 Å². The van der Waals surface area contributed by atoms with Crippen molar-refractivity contribution >= 4 is 56.6 Å². The first kappa shape index (κ1) is 23.6. The van der Waals surface area contributed by atoms with E-state index in [0.29, 0.717) is 47.0 Å². The SMILES string of the molecule is Cc1cc(Cl)cc2sc(N(CCCN(C)C)C(=O)c3ccc4c(c3)OCCO4)nc12.Cl. The molecular weight excluding hydrogens is 457 g/mol. The van der Waals surface area contributed by atoms with E-state index in [1.54, 1.807) is 23.1 Å². The van der Waals surface area contributed by atoms with Crippen molar-refractivity contribution in [1.29, 1.82) is 0 Å². The third-order valence-corrected chi connectivity index (χ3v) is 6.13. The Morgan fingerprint density at radius 2 is 1.87 bits per heavy atom. The molecule has 0 atom stereocenters. The van der Waals surface area contributed by atoms with Crippen molar-refractivity contribution in [2.45, 2.75) is 13.3 Å². The molecule has 3 aromatic rings. The maximum absolute atomic E-state index is 13.5. The highest BCUT2D eigenvalue weighted by Gasteiger charge is 2.24. The maximum atomic E-state index is 13.5. The molecule has 0 saturated carbocycles. The van der Waals surface area contributed by atoms with Crippen LogP contribution in [-0.4, -0.2) is 56.2 Å². The number of anilines is 1. The molecule has 31 heavy (non-hydrogen) atoms. The van der Waals surface area contributed by atoms with Gasteiger partial charge >= 0.3 is 0 Å². The smallest absolute Gasteiger partial charge is 0.260 e. The minimum atomic E-state index is -0.103. The second-order valence-corrected chi connectivity index (χ2v) is 8.98. The fraction of sp³-hybridized carbons (Fsp3) is 0.364. The van der Waals surface area contributed by atoms with Crippen LogP contribution in [0.4, 0.5) is 5.13 Å². The number of rotatable bonds is 6. The number of halogens is 2. The number of fused-ring (bicyclic) bond motifs is 2. The summed E-state index contributed by atoms with van der Waals surface area (Å²) in [6.07, 6.45) is 0.832. The summed E-state index contributed by atoms with van der Waals surface area (Å²) in [6, 6.07) is 9.13. The van der Waals surface area contributed by atoms with Gasteiger partial charge in [-0.3, -0.25) is 9.69 Å². The van der Waals surface area contributed by atoms with Gasteiger partial charge in [0.05, 0.1) is 10.2 Å². The lowest BCUT2D eigenvalue weighted by molar-refractivity contribution is 0.0984. The summed E-state index contributed by atoms with van der Waals surface area (Å²) in [7, 11) is 4.05. The fourth-order valence-electron chi connectivity index (χ4n) is 3.42. The van der Waals surface area contributed by atoms with E-state index in [1.807, 2.05) is 33.2 Å². The topological polar surface area (TPSA) is 54.9 Å². The molecule has 1 aromatic heterocycles. The lowest BCUT2D eigenvalue weighted by Gasteiger charge is -2.23. The van der Waals surface area contributed by atoms with E-state index in [1.165, 1.54) is 11.3 Å². The molecular formula is C22H25Cl2N3O3S. The van der Waals surface area contributed by atoms with E-state index in [4.69, 9.17) is 26.1 Å². The second kappa shape index (κ2) is 10.0. The molecule has 1 aliphatic heterocycles. The molecule has 0 radical (unpaired) electrons. The van der Waals surface area contributed by atoms with Gasteiger partial charge in [-0.05, 0) is 69.9 Å². The first-order chi connectivity index (χ1) is 14.4. The zero-order valence-corrected chi connectivity index (χ0v) is 20.1. The average molecular weight is 482 g/mol. The first-order valence-corrected chi connectivity index (χ1v) is 11.0. The Kier molecular flexibility index (Phi) is 7.64. The number of ether oxygens (including phenoxy) is 2. The molecule has 0 saturated heterocycles. The van der Waals surface area contributed by atoms with Crippen molar-refractivity contribution in [2.75, 3.05) is 45.3 Å². The highest BCUT2D eigenvalue weighted by Crippen LogP contribution is 2.35. The predicted octanol–water partition coefficient (Wildman–Crippen LogP) is 5.05. The van der Waals surface area contributed by atoms with Crippen molar-refractivity contribution in [2.24, 2.45) is 0 Å². The number of aryl methyl sites for hydroxylation is 1. The van der Waals surface area contributed by atoms with Crippen LogP contribution in [0.3, 0.4) is 0 Å². The molecule has 0 N–H and O–H groups in total. The van der Waals surface area contributed by atoms with Crippen LogP contribution in [0.25, 0.3) is 10.2 Å². The number of hydrogen-bond donors (Lipinski definition) is 0. The zero-order valence-electron chi connectivity index (χ0n) is 17.7. The molecule has 6 nitrogen and oxygen atoms in total. The lowest BCUT2D eigenvalue weighted by atomic mass is 10.1. The summed E-state index contributed by atoms with van der Waals surface area (Å²) in [5.41, 5.74) is 2.44. The molecule has 2 heterocycles. The van der Waals surface area contributed by atoms with Crippen LogP contribution in [0, 0.1) is 6.92 Å². The highest BCUT2D eigenvalue weighted by atomic mass is 35.5. The van der Waals surface area contributed by atoms with Gasteiger partial charge in [-0.2, -0.15) is 0 Å². The molecule has 2 aromatic carbocycles. The van der Waals surface area contributed by atoms with Crippen molar-refractivity contribution in [3.63, 3.8) is 0 Å². The van der Waals surface area contributed by atoms with Crippen molar-refractivity contribution in [1.82, 2.24) is 9.88 Å². The molecule has 0 bridgehead atoms. The van der Waals surface area contributed by atoms with E-state index in [9.17, 15) is 4.79 Å². The van der Waals surface area contributed by atoms with E-state index in [0.717, 1.165) is 28.7 Å². The zero-order chi connectivity index (χ0) is 21.3. The number of aromatic nitrogens is 1. The molecule has 4 rings (SSSR count). The summed E-state index contributed by atoms with van der Waals surface area (Å²) in [4.78, 5) is 22.1. The van der Waals surface area contributed by atoms with Gasteiger partial charge in [0, 0.05) is 17.1 Å². The Morgan fingerprint density at radius 3 is 2.61 bits per heavy atom. The molecule has 0 aliphatic carbocycles. The van der Waals surface area contributed by atoms with Gasteiger partial charge < -0.3 is 14.4 Å². The van der Waals surface area contributed by atoms with Gasteiger partial charge in [0.2, 0.25) is 0 Å². The highest BCUT2D eigenvalue weighted by molar-refractivity contribution is 7.22. The van der Waals surface area contributed by atoms with Crippen LogP contribution in [0.2, 0.25) is 5.02 Å². The number of carbonyl (C=O) groups excluding carboxylic acids is 1. The van der Waals surface area contributed by atoms with Crippen molar-refractivity contribution in [3.05, 3.63) is 46.5 Å². The van der Waals surface area contributed by atoms with Gasteiger partial charge in [0.1, 0.15) is 13.2 Å². The Labute approximate surface area is 197 Å². The minimum absolute atomic E-state index is 0. The van der Waals surface area contributed by atoms with Crippen LogP contribution < -0.4 is 14.4 Å². The van der Waals surface area contributed by atoms with Crippen LogP contribution in [0.5, 0.6) is 11.5 Å². The van der Waals surface area contributed by atoms with Crippen molar-refractivity contribution in [3.8, 4) is 11.5 Å². The van der Waals surface area contributed by atoms with E-state index in [-0.39, 0.29) is 18.3 Å². The quantitative estimate of drug-likeness (QED) is 0.492. The molecule has 166 valence electrons. The summed E-state index contributed by atoms with van der Waals surface area (Å²) in [5.74, 6) is 1.17. The Bertz CT molecular complexity index is 1090. The molecule has 0 fully saturated rings. The monoisotopic (exact) mass is 481 g/mol. The average Bonchev–Trinajstić information content (AvgIpc) is 3.14. The third kappa shape index (κ3) is 5.23. The van der Waals surface area contributed by atoms with Gasteiger partial charge in [0.25, 0.3) is 5.91 Å². The second-order valence-electron chi connectivity index (χ2n) is 7.54. The number of carbonyl (C=O) groups is 1. The number of thiazole rings is 1. The minimum Gasteiger partial charge on any atom is -0.486 e. The Hall–Kier alpha value is -2.06. The van der Waals surface area contributed by atoms with E-state index >= 15 is 0 Å². The predicted molar refractivity (Wildman–Crippen MR) is 129 cm³/mol.